The lowest BCUT2D eigenvalue weighted by atomic mass is 10.1. The molecule has 1 atom stereocenters. The van der Waals surface area contributed by atoms with Crippen LogP contribution in [-0.2, 0) is 0 Å². The number of rotatable bonds is 1. The molecule has 1 aliphatic heterocycles. The van der Waals surface area contributed by atoms with Gasteiger partial charge in [0.2, 0.25) is 0 Å². The van der Waals surface area contributed by atoms with E-state index < -0.39 is 0 Å². The van der Waals surface area contributed by atoms with E-state index in [0.29, 0.717) is 16.6 Å². The van der Waals surface area contributed by atoms with E-state index in [0.717, 1.165) is 13.1 Å². The van der Waals surface area contributed by atoms with E-state index in [1.807, 2.05) is 6.92 Å². The van der Waals surface area contributed by atoms with Crippen LogP contribution in [0.2, 0.25) is 0 Å². The fraction of sp³-hybridized carbons (Fsp3) is 0.417. The SMILES string of the molecule is CC1CNCCN1C(=O)c1cc(F)ccc1Br. The van der Waals surface area contributed by atoms with Gasteiger partial charge in [0.15, 0.2) is 0 Å². The number of halogens is 2. The summed E-state index contributed by atoms with van der Waals surface area (Å²) in [5.74, 6) is -0.510. The summed E-state index contributed by atoms with van der Waals surface area (Å²) in [4.78, 5) is 14.1. The van der Waals surface area contributed by atoms with Gasteiger partial charge in [-0.1, -0.05) is 0 Å². The summed E-state index contributed by atoms with van der Waals surface area (Å²) in [6, 6.07) is 4.31. The predicted molar refractivity (Wildman–Crippen MR) is 67.5 cm³/mol. The standard InChI is InChI=1S/C12H14BrFN2O/c1-8-7-15-4-5-16(8)12(17)10-6-9(14)2-3-11(10)13/h2-3,6,8,15H,4-5,7H2,1H3. The number of carbonyl (C=O) groups is 1. The molecule has 0 aliphatic carbocycles. The quantitative estimate of drug-likeness (QED) is 0.861. The first-order chi connectivity index (χ1) is 8.09. The van der Waals surface area contributed by atoms with E-state index in [4.69, 9.17) is 0 Å². The summed E-state index contributed by atoms with van der Waals surface area (Å²) in [7, 11) is 0. The van der Waals surface area contributed by atoms with Gasteiger partial charge in [-0.05, 0) is 41.1 Å². The molecular weight excluding hydrogens is 287 g/mol. The van der Waals surface area contributed by atoms with Crippen molar-refractivity contribution in [2.45, 2.75) is 13.0 Å². The molecule has 1 aromatic rings. The zero-order valence-electron chi connectivity index (χ0n) is 9.54. The van der Waals surface area contributed by atoms with Crippen molar-refractivity contribution in [1.29, 1.82) is 0 Å². The fourth-order valence-electron chi connectivity index (χ4n) is 1.96. The molecule has 5 heteroatoms. The summed E-state index contributed by atoms with van der Waals surface area (Å²) in [6.07, 6.45) is 0. The molecule has 1 saturated heterocycles. The first-order valence-electron chi connectivity index (χ1n) is 5.56. The average molecular weight is 301 g/mol. The summed E-state index contributed by atoms with van der Waals surface area (Å²) in [6.45, 7) is 4.20. The average Bonchev–Trinajstić information content (AvgIpc) is 2.32. The smallest absolute Gasteiger partial charge is 0.255 e. The second kappa shape index (κ2) is 5.14. The summed E-state index contributed by atoms with van der Waals surface area (Å²) < 4.78 is 13.8. The maximum Gasteiger partial charge on any atom is 0.255 e. The van der Waals surface area contributed by atoms with E-state index in [2.05, 4.69) is 21.2 Å². The van der Waals surface area contributed by atoms with Crippen molar-refractivity contribution in [1.82, 2.24) is 10.2 Å². The number of nitrogens with zero attached hydrogens (tertiary/aromatic N) is 1. The Kier molecular flexibility index (Phi) is 3.79. The van der Waals surface area contributed by atoms with Gasteiger partial charge in [-0.25, -0.2) is 4.39 Å². The minimum absolute atomic E-state index is 0.120. The molecule has 3 nitrogen and oxygen atoms in total. The first-order valence-corrected chi connectivity index (χ1v) is 6.35. The van der Waals surface area contributed by atoms with Crippen molar-refractivity contribution in [2.24, 2.45) is 0 Å². The van der Waals surface area contributed by atoms with Gasteiger partial charge in [0, 0.05) is 30.1 Å². The van der Waals surface area contributed by atoms with Gasteiger partial charge in [-0.2, -0.15) is 0 Å². The number of piperazine rings is 1. The Hall–Kier alpha value is -0.940. The zero-order chi connectivity index (χ0) is 12.4. The Balaban J connectivity index is 2.26. The second-order valence-electron chi connectivity index (χ2n) is 4.18. The highest BCUT2D eigenvalue weighted by Crippen LogP contribution is 2.21. The van der Waals surface area contributed by atoms with E-state index in [1.54, 1.807) is 11.0 Å². The molecule has 2 rings (SSSR count). The molecule has 92 valence electrons. The van der Waals surface area contributed by atoms with Crippen LogP contribution in [0.1, 0.15) is 17.3 Å². The Morgan fingerprint density at radius 1 is 1.59 bits per heavy atom. The Morgan fingerprint density at radius 3 is 3.06 bits per heavy atom. The van der Waals surface area contributed by atoms with Crippen LogP contribution in [0.15, 0.2) is 22.7 Å². The van der Waals surface area contributed by atoms with Crippen LogP contribution in [0.5, 0.6) is 0 Å². The molecule has 0 spiro atoms. The van der Waals surface area contributed by atoms with Crippen LogP contribution in [0, 0.1) is 5.82 Å². The lowest BCUT2D eigenvalue weighted by molar-refractivity contribution is 0.0654. The van der Waals surface area contributed by atoms with Crippen LogP contribution in [-0.4, -0.2) is 36.5 Å². The van der Waals surface area contributed by atoms with Crippen LogP contribution in [0.25, 0.3) is 0 Å². The summed E-state index contributed by atoms with van der Waals surface area (Å²) in [5.41, 5.74) is 0.388. The third kappa shape index (κ3) is 2.66. The molecule has 1 unspecified atom stereocenters. The van der Waals surface area contributed by atoms with Gasteiger partial charge in [-0.15, -0.1) is 0 Å². The molecule has 1 N–H and O–H groups in total. The van der Waals surface area contributed by atoms with Crippen LogP contribution in [0.4, 0.5) is 4.39 Å². The van der Waals surface area contributed by atoms with Crippen molar-refractivity contribution < 1.29 is 9.18 Å². The molecule has 0 radical (unpaired) electrons. The summed E-state index contributed by atoms with van der Waals surface area (Å²) in [5, 5.41) is 3.22. The number of hydrogen-bond acceptors (Lipinski definition) is 2. The van der Waals surface area contributed by atoms with Crippen molar-refractivity contribution in [2.75, 3.05) is 19.6 Å². The van der Waals surface area contributed by atoms with Crippen molar-refractivity contribution in [3.05, 3.63) is 34.1 Å². The lowest BCUT2D eigenvalue weighted by Crippen LogP contribution is -2.52. The second-order valence-corrected chi connectivity index (χ2v) is 5.03. The topological polar surface area (TPSA) is 32.3 Å². The van der Waals surface area contributed by atoms with Crippen LogP contribution >= 0.6 is 15.9 Å². The molecule has 1 fully saturated rings. The number of nitrogens with one attached hydrogen (secondary N) is 1. The summed E-state index contributed by atoms with van der Waals surface area (Å²) >= 11 is 3.29. The highest BCUT2D eigenvalue weighted by atomic mass is 79.9. The maximum atomic E-state index is 13.2. The molecular formula is C12H14BrFN2O. The van der Waals surface area contributed by atoms with E-state index >= 15 is 0 Å². The molecule has 0 saturated carbocycles. The molecule has 1 aromatic carbocycles. The van der Waals surface area contributed by atoms with Gasteiger partial charge in [-0.3, -0.25) is 4.79 Å². The maximum absolute atomic E-state index is 13.2. The van der Waals surface area contributed by atoms with Crippen LogP contribution < -0.4 is 5.32 Å². The Bertz CT molecular complexity index is 439. The number of hydrogen-bond donors (Lipinski definition) is 1. The highest BCUT2D eigenvalue weighted by Gasteiger charge is 2.25. The molecule has 1 aliphatic rings. The molecule has 1 heterocycles. The number of benzene rings is 1. The lowest BCUT2D eigenvalue weighted by Gasteiger charge is -2.34. The zero-order valence-corrected chi connectivity index (χ0v) is 11.1. The van der Waals surface area contributed by atoms with E-state index in [9.17, 15) is 9.18 Å². The third-order valence-corrected chi connectivity index (χ3v) is 3.61. The van der Waals surface area contributed by atoms with Gasteiger partial charge >= 0.3 is 0 Å². The number of amides is 1. The first kappa shape index (κ1) is 12.5. The van der Waals surface area contributed by atoms with E-state index in [-0.39, 0.29) is 17.8 Å². The minimum atomic E-state index is -0.390. The Morgan fingerprint density at radius 2 is 2.35 bits per heavy atom. The number of carbonyl (C=O) groups excluding carboxylic acids is 1. The minimum Gasteiger partial charge on any atom is -0.333 e. The normalized spacial score (nSPS) is 20.4. The fourth-order valence-corrected chi connectivity index (χ4v) is 2.38. The van der Waals surface area contributed by atoms with Crippen LogP contribution in [0.3, 0.4) is 0 Å². The largest absolute Gasteiger partial charge is 0.333 e. The highest BCUT2D eigenvalue weighted by molar-refractivity contribution is 9.10. The molecule has 0 aromatic heterocycles. The third-order valence-electron chi connectivity index (χ3n) is 2.92. The Labute approximate surface area is 108 Å². The van der Waals surface area contributed by atoms with E-state index in [1.165, 1.54) is 12.1 Å². The van der Waals surface area contributed by atoms with Crippen molar-refractivity contribution in [3.63, 3.8) is 0 Å². The van der Waals surface area contributed by atoms with Crippen molar-refractivity contribution in [3.8, 4) is 0 Å². The van der Waals surface area contributed by atoms with Crippen molar-refractivity contribution >= 4 is 21.8 Å². The molecule has 1 amide bonds. The molecule has 0 bridgehead atoms. The van der Waals surface area contributed by atoms with Gasteiger partial charge < -0.3 is 10.2 Å². The van der Waals surface area contributed by atoms with Gasteiger partial charge in [0.05, 0.1) is 5.56 Å². The predicted octanol–water partition coefficient (Wildman–Crippen LogP) is 2.02. The van der Waals surface area contributed by atoms with Gasteiger partial charge in [0.1, 0.15) is 5.82 Å². The molecule has 17 heavy (non-hydrogen) atoms. The van der Waals surface area contributed by atoms with Gasteiger partial charge in [0.25, 0.3) is 5.91 Å². The monoisotopic (exact) mass is 300 g/mol.